The lowest BCUT2D eigenvalue weighted by atomic mass is 9.96. The van der Waals surface area contributed by atoms with Gasteiger partial charge in [-0.3, -0.25) is 5.32 Å². The van der Waals surface area contributed by atoms with E-state index in [4.69, 9.17) is 4.74 Å². The number of aromatic nitrogens is 1. The zero-order chi connectivity index (χ0) is 22.3. The maximum absolute atomic E-state index is 10.4. The first-order valence-corrected chi connectivity index (χ1v) is 12.5. The quantitative estimate of drug-likeness (QED) is 0.282. The molecule has 2 atom stereocenters. The van der Waals surface area contributed by atoms with Crippen LogP contribution in [0.4, 0.5) is 0 Å². The normalized spacial score (nSPS) is 17.7. The van der Waals surface area contributed by atoms with Crippen molar-refractivity contribution in [3.05, 3.63) is 42.5 Å². The van der Waals surface area contributed by atoms with Gasteiger partial charge in [-0.2, -0.15) is 0 Å². The summed E-state index contributed by atoms with van der Waals surface area (Å²) in [6, 6.07) is 14.4. The van der Waals surface area contributed by atoms with Crippen molar-refractivity contribution in [1.82, 2.24) is 15.2 Å². The van der Waals surface area contributed by atoms with E-state index in [2.05, 4.69) is 40.3 Å². The molecule has 5 heteroatoms. The predicted molar refractivity (Wildman–Crippen MR) is 133 cm³/mol. The van der Waals surface area contributed by atoms with Gasteiger partial charge in [-0.25, -0.2) is 0 Å². The number of unbranched alkanes of at least 4 members (excludes halogenated alkanes) is 3. The van der Waals surface area contributed by atoms with Crippen LogP contribution in [0.2, 0.25) is 0 Å². The first kappa shape index (κ1) is 23.1. The Balaban J connectivity index is 1.34. The van der Waals surface area contributed by atoms with Crippen LogP contribution in [0.25, 0.3) is 21.8 Å². The van der Waals surface area contributed by atoms with Crippen LogP contribution < -0.4 is 10.1 Å². The third-order valence-electron chi connectivity index (χ3n) is 6.83. The van der Waals surface area contributed by atoms with Gasteiger partial charge >= 0.3 is 0 Å². The summed E-state index contributed by atoms with van der Waals surface area (Å²) in [5.74, 6) is 1.44. The molecule has 3 N–H and O–H groups in total. The number of ether oxygens (including phenoxy) is 1. The third kappa shape index (κ3) is 5.64. The molecule has 3 aromatic rings. The fourth-order valence-electron chi connectivity index (χ4n) is 4.87. The van der Waals surface area contributed by atoms with Gasteiger partial charge in [0.2, 0.25) is 0 Å². The number of hydrogen-bond acceptors (Lipinski definition) is 4. The molecule has 5 nitrogen and oxygen atoms in total. The molecule has 0 radical (unpaired) electrons. The lowest BCUT2D eigenvalue weighted by Gasteiger charge is -2.33. The monoisotopic (exact) mass is 437 g/mol. The number of nitrogens with one attached hydrogen (secondary N) is 2. The highest BCUT2D eigenvalue weighted by molar-refractivity contribution is 6.10. The number of hydrogen-bond donors (Lipinski definition) is 3. The maximum Gasteiger partial charge on any atom is 0.176 e. The van der Waals surface area contributed by atoms with Crippen molar-refractivity contribution in [2.75, 3.05) is 26.2 Å². The average molecular weight is 438 g/mol. The van der Waals surface area contributed by atoms with E-state index in [-0.39, 0.29) is 0 Å². The number of piperidine rings is 1. The molecule has 0 bridgehead atoms. The lowest BCUT2D eigenvalue weighted by molar-refractivity contribution is 0.0231. The number of rotatable bonds is 11. The van der Waals surface area contributed by atoms with Crippen molar-refractivity contribution in [1.29, 1.82) is 0 Å². The first-order chi connectivity index (χ1) is 15.7. The van der Waals surface area contributed by atoms with Crippen molar-refractivity contribution in [3.8, 4) is 5.75 Å². The summed E-state index contributed by atoms with van der Waals surface area (Å²) in [6.45, 7) is 8.56. The van der Waals surface area contributed by atoms with Gasteiger partial charge in [0.25, 0.3) is 0 Å². The fourth-order valence-corrected chi connectivity index (χ4v) is 4.87. The van der Waals surface area contributed by atoms with Crippen molar-refractivity contribution in [2.45, 2.75) is 64.7 Å². The number of likely N-dealkylation sites (tertiary alicyclic amines) is 1. The minimum Gasteiger partial charge on any atom is -0.472 e. The zero-order valence-electron chi connectivity index (χ0n) is 19.6. The van der Waals surface area contributed by atoms with Crippen molar-refractivity contribution in [2.24, 2.45) is 5.92 Å². The first-order valence-electron chi connectivity index (χ1n) is 12.5. The minimum atomic E-state index is -0.603. The Bertz CT molecular complexity index is 975. The number of nitrogens with zero attached hydrogens (tertiary/aromatic N) is 1. The lowest BCUT2D eigenvalue weighted by Crippen LogP contribution is -2.46. The number of para-hydroxylation sites is 1. The molecule has 1 aliphatic heterocycles. The van der Waals surface area contributed by atoms with E-state index in [1.54, 1.807) is 6.92 Å². The molecule has 2 heterocycles. The smallest absolute Gasteiger partial charge is 0.176 e. The average Bonchev–Trinajstić information content (AvgIpc) is 3.19. The Morgan fingerprint density at radius 1 is 1.06 bits per heavy atom. The summed E-state index contributed by atoms with van der Waals surface area (Å²) >= 11 is 0. The second-order valence-electron chi connectivity index (χ2n) is 9.38. The second kappa shape index (κ2) is 11.2. The topological polar surface area (TPSA) is 60.5 Å². The van der Waals surface area contributed by atoms with Crippen LogP contribution >= 0.6 is 0 Å². The summed E-state index contributed by atoms with van der Waals surface area (Å²) in [5, 5.41) is 16.2. The van der Waals surface area contributed by atoms with Crippen LogP contribution in [-0.4, -0.2) is 53.5 Å². The molecule has 0 spiro atoms. The number of aromatic amines is 1. The number of aliphatic hydroxyl groups is 1. The number of aliphatic hydroxyl groups excluding tert-OH is 1. The molecule has 0 amide bonds. The summed E-state index contributed by atoms with van der Waals surface area (Å²) in [4.78, 5) is 6.08. The van der Waals surface area contributed by atoms with Gasteiger partial charge in [-0.15, -0.1) is 0 Å². The molecule has 174 valence electrons. The van der Waals surface area contributed by atoms with E-state index in [9.17, 15) is 5.11 Å². The van der Waals surface area contributed by atoms with Gasteiger partial charge in [0.1, 0.15) is 11.9 Å². The predicted octanol–water partition coefficient (Wildman–Crippen LogP) is 5.29. The van der Waals surface area contributed by atoms with Gasteiger partial charge in [-0.1, -0.05) is 50.5 Å². The molecule has 0 saturated carbocycles. The van der Waals surface area contributed by atoms with Gasteiger partial charge in [0, 0.05) is 22.8 Å². The van der Waals surface area contributed by atoms with Crippen molar-refractivity contribution in [3.63, 3.8) is 0 Å². The minimum absolute atomic E-state index is 0.429. The Labute approximate surface area is 192 Å². The summed E-state index contributed by atoms with van der Waals surface area (Å²) in [5.41, 5.74) is 2.15. The van der Waals surface area contributed by atoms with Crippen LogP contribution in [0.1, 0.15) is 52.4 Å². The van der Waals surface area contributed by atoms with E-state index < -0.39 is 12.3 Å². The Morgan fingerprint density at radius 3 is 2.62 bits per heavy atom. The Morgan fingerprint density at radius 2 is 1.84 bits per heavy atom. The van der Waals surface area contributed by atoms with E-state index in [1.165, 1.54) is 58.2 Å². The maximum atomic E-state index is 10.4. The third-order valence-corrected chi connectivity index (χ3v) is 6.83. The van der Waals surface area contributed by atoms with Gasteiger partial charge in [-0.05, 0) is 69.9 Å². The van der Waals surface area contributed by atoms with E-state index in [0.29, 0.717) is 5.92 Å². The Kier molecular flexibility index (Phi) is 8.06. The molecule has 2 aromatic carbocycles. The number of H-pyrrole nitrogens is 1. The van der Waals surface area contributed by atoms with E-state index >= 15 is 0 Å². The molecule has 1 aliphatic rings. The molecule has 32 heavy (non-hydrogen) atoms. The highest BCUT2D eigenvalue weighted by Crippen LogP contribution is 2.33. The van der Waals surface area contributed by atoms with Crippen LogP contribution in [0, 0.1) is 5.92 Å². The molecular formula is C27H39N3O2. The van der Waals surface area contributed by atoms with Crippen LogP contribution in [0.15, 0.2) is 42.5 Å². The molecule has 1 aromatic heterocycles. The van der Waals surface area contributed by atoms with E-state index in [1.807, 2.05) is 24.3 Å². The van der Waals surface area contributed by atoms with Crippen LogP contribution in [0.3, 0.4) is 0 Å². The van der Waals surface area contributed by atoms with Crippen LogP contribution in [-0.2, 0) is 0 Å². The van der Waals surface area contributed by atoms with Crippen LogP contribution in [0.5, 0.6) is 5.75 Å². The number of benzene rings is 2. The van der Waals surface area contributed by atoms with Crippen molar-refractivity contribution >= 4 is 21.8 Å². The highest BCUT2D eigenvalue weighted by atomic mass is 16.5. The number of fused-ring (bicyclic) bond motifs is 3. The van der Waals surface area contributed by atoms with Gasteiger partial charge in [0.05, 0.1) is 5.52 Å². The summed E-state index contributed by atoms with van der Waals surface area (Å²) in [7, 11) is 0. The molecule has 1 fully saturated rings. The summed E-state index contributed by atoms with van der Waals surface area (Å²) in [6.07, 6.45) is 6.73. The molecule has 0 aliphatic carbocycles. The fraction of sp³-hybridized carbons (Fsp3) is 0.556. The summed E-state index contributed by atoms with van der Waals surface area (Å²) < 4.78 is 6.35. The largest absolute Gasteiger partial charge is 0.472 e. The standard InChI is InChI=1S/C27H39N3O2/c1-3-4-5-8-16-30-17-14-21(15-18-30)19-28-27(20(2)31)32-25-13-9-12-24-26(25)22-10-6-7-11-23(22)29-24/h6-7,9-13,20-21,27-29,31H,3-5,8,14-19H2,1-2H3/t20-,27?/m0/s1. The van der Waals surface area contributed by atoms with E-state index in [0.717, 1.165) is 34.1 Å². The second-order valence-corrected chi connectivity index (χ2v) is 9.38. The van der Waals surface area contributed by atoms with Gasteiger partial charge in [0.15, 0.2) is 6.23 Å². The molecule has 1 unspecified atom stereocenters. The van der Waals surface area contributed by atoms with Gasteiger partial charge < -0.3 is 19.7 Å². The molecule has 4 rings (SSSR count). The highest BCUT2D eigenvalue weighted by Gasteiger charge is 2.23. The SMILES string of the molecule is CCCCCCN1CCC(CNC(Oc2cccc3[nH]c4ccccc4c23)[C@H](C)O)CC1. The molecule has 1 saturated heterocycles. The van der Waals surface area contributed by atoms with Crippen molar-refractivity contribution < 1.29 is 9.84 Å². The zero-order valence-corrected chi connectivity index (χ0v) is 19.6. The molecular weight excluding hydrogens is 398 g/mol. The Hall–Kier alpha value is -2.08.